The largest absolute Gasteiger partial charge is 0.493 e. The maximum atomic E-state index is 5.81. The number of hydrogen-bond donors (Lipinski definition) is 2. The molecule has 0 aliphatic carbocycles. The van der Waals surface area contributed by atoms with Crippen molar-refractivity contribution in [1.82, 2.24) is 5.32 Å². The lowest BCUT2D eigenvalue weighted by atomic mass is 10.2. The smallest absolute Gasteiger partial charge is 0.189 e. The zero-order chi connectivity index (χ0) is 14.3. The fourth-order valence-corrected chi connectivity index (χ4v) is 1.56. The van der Waals surface area contributed by atoms with Crippen molar-refractivity contribution in [3.63, 3.8) is 0 Å². The normalized spacial score (nSPS) is 12.3. The minimum atomic E-state index is 0. The van der Waals surface area contributed by atoms with Crippen LogP contribution >= 0.6 is 24.0 Å². The minimum Gasteiger partial charge on any atom is -0.493 e. The van der Waals surface area contributed by atoms with Crippen molar-refractivity contribution in [2.75, 3.05) is 14.2 Å². The zero-order valence-corrected chi connectivity index (χ0v) is 14.8. The number of halogens is 1. The highest BCUT2D eigenvalue weighted by atomic mass is 127. The average Bonchev–Trinajstić information content (AvgIpc) is 2.44. The zero-order valence-electron chi connectivity index (χ0n) is 12.5. The van der Waals surface area contributed by atoms with Crippen LogP contribution in [0.25, 0.3) is 0 Å². The highest BCUT2D eigenvalue weighted by molar-refractivity contribution is 14.0. The van der Waals surface area contributed by atoms with Crippen LogP contribution in [0.15, 0.2) is 23.2 Å². The Labute approximate surface area is 138 Å². The molecule has 5 nitrogen and oxygen atoms in total. The number of nitrogens with zero attached hydrogens (tertiary/aromatic N) is 1. The van der Waals surface area contributed by atoms with Crippen molar-refractivity contribution in [2.45, 2.75) is 32.9 Å². The van der Waals surface area contributed by atoms with Gasteiger partial charge in [-0.1, -0.05) is 13.0 Å². The number of methoxy groups -OCH3 is 2. The van der Waals surface area contributed by atoms with Crippen molar-refractivity contribution in [1.29, 1.82) is 0 Å². The molecule has 0 bridgehead atoms. The Bertz CT molecular complexity index is 438. The van der Waals surface area contributed by atoms with E-state index in [9.17, 15) is 0 Å². The summed E-state index contributed by atoms with van der Waals surface area (Å²) in [7, 11) is 3.23. The molecule has 0 fully saturated rings. The summed E-state index contributed by atoms with van der Waals surface area (Å²) in [6.07, 6.45) is 1.01. The molecular formula is C14H24IN3O2. The SMILES string of the molecule is CCC(C)NC(N)=NCc1ccc(OC)c(OC)c1.I. The predicted octanol–water partition coefficient (Wildman–Crippen LogP) is 2.52. The molecule has 0 radical (unpaired) electrons. The summed E-state index contributed by atoms with van der Waals surface area (Å²) in [4.78, 5) is 4.30. The van der Waals surface area contributed by atoms with E-state index in [1.54, 1.807) is 14.2 Å². The van der Waals surface area contributed by atoms with Gasteiger partial charge in [0, 0.05) is 6.04 Å². The maximum Gasteiger partial charge on any atom is 0.189 e. The van der Waals surface area contributed by atoms with E-state index < -0.39 is 0 Å². The Hall–Kier alpha value is -1.18. The number of guanidine groups is 1. The summed E-state index contributed by atoms with van der Waals surface area (Å²) in [5.41, 5.74) is 6.83. The van der Waals surface area contributed by atoms with Crippen LogP contribution < -0.4 is 20.5 Å². The van der Waals surface area contributed by atoms with E-state index in [0.29, 0.717) is 30.0 Å². The number of rotatable bonds is 6. The summed E-state index contributed by atoms with van der Waals surface area (Å²) >= 11 is 0. The van der Waals surface area contributed by atoms with Crippen molar-refractivity contribution < 1.29 is 9.47 Å². The first-order valence-electron chi connectivity index (χ1n) is 6.38. The lowest BCUT2D eigenvalue weighted by Gasteiger charge is -2.12. The van der Waals surface area contributed by atoms with E-state index in [1.165, 1.54) is 0 Å². The van der Waals surface area contributed by atoms with Crippen molar-refractivity contribution >= 4 is 29.9 Å². The van der Waals surface area contributed by atoms with Crippen LogP contribution in [-0.4, -0.2) is 26.2 Å². The highest BCUT2D eigenvalue weighted by Crippen LogP contribution is 2.27. The monoisotopic (exact) mass is 393 g/mol. The van der Waals surface area contributed by atoms with Gasteiger partial charge in [0.25, 0.3) is 0 Å². The van der Waals surface area contributed by atoms with Gasteiger partial charge in [0.15, 0.2) is 17.5 Å². The summed E-state index contributed by atoms with van der Waals surface area (Å²) in [6.45, 7) is 4.67. The van der Waals surface area contributed by atoms with Gasteiger partial charge in [-0.15, -0.1) is 24.0 Å². The highest BCUT2D eigenvalue weighted by Gasteiger charge is 2.04. The number of hydrogen-bond acceptors (Lipinski definition) is 3. The van der Waals surface area contributed by atoms with Crippen molar-refractivity contribution in [2.24, 2.45) is 10.7 Å². The lowest BCUT2D eigenvalue weighted by molar-refractivity contribution is 0.354. The molecule has 0 heterocycles. The second-order valence-corrected chi connectivity index (χ2v) is 4.34. The molecule has 20 heavy (non-hydrogen) atoms. The molecule has 3 N–H and O–H groups in total. The molecule has 1 unspecified atom stereocenters. The molecule has 1 atom stereocenters. The number of nitrogens with two attached hydrogens (primary N) is 1. The summed E-state index contributed by atoms with van der Waals surface area (Å²) in [5.74, 6) is 1.87. The molecule has 0 saturated carbocycles. The third kappa shape index (κ3) is 5.85. The van der Waals surface area contributed by atoms with Crippen molar-refractivity contribution in [3.8, 4) is 11.5 Å². The molecule has 0 aromatic heterocycles. The molecule has 114 valence electrons. The Morgan fingerprint density at radius 3 is 2.50 bits per heavy atom. The van der Waals surface area contributed by atoms with Gasteiger partial charge in [0.2, 0.25) is 0 Å². The molecule has 0 aliphatic heterocycles. The lowest BCUT2D eigenvalue weighted by Crippen LogP contribution is -2.38. The fraction of sp³-hybridized carbons (Fsp3) is 0.500. The maximum absolute atomic E-state index is 5.81. The molecular weight excluding hydrogens is 369 g/mol. The Morgan fingerprint density at radius 2 is 1.95 bits per heavy atom. The Kier molecular flexibility index (Phi) is 9.11. The minimum absolute atomic E-state index is 0. The molecule has 1 aromatic rings. The standard InChI is InChI=1S/C14H23N3O2.HI/c1-5-10(2)17-14(15)16-9-11-6-7-12(18-3)13(8-11)19-4;/h6-8,10H,5,9H2,1-4H3,(H3,15,16,17);1H. The summed E-state index contributed by atoms with van der Waals surface area (Å²) in [6, 6.07) is 6.04. The van der Waals surface area contributed by atoms with E-state index in [1.807, 2.05) is 18.2 Å². The van der Waals surface area contributed by atoms with Gasteiger partial charge in [0.05, 0.1) is 20.8 Å². The fourth-order valence-electron chi connectivity index (χ4n) is 1.56. The van der Waals surface area contributed by atoms with Crippen LogP contribution in [0.1, 0.15) is 25.8 Å². The van der Waals surface area contributed by atoms with Crippen LogP contribution in [0.5, 0.6) is 11.5 Å². The van der Waals surface area contributed by atoms with Gasteiger partial charge in [-0.25, -0.2) is 4.99 Å². The Morgan fingerprint density at radius 1 is 1.30 bits per heavy atom. The van der Waals surface area contributed by atoms with E-state index in [-0.39, 0.29) is 24.0 Å². The number of nitrogens with one attached hydrogen (secondary N) is 1. The van der Waals surface area contributed by atoms with E-state index in [0.717, 1.165) is 12.0 Å². The van der Waals surface area contributed by atoms with Crippen molar-refractivity contribution in [3.05, 3.63) is 23.8 Å². The first kappa shape index (κ1) is 18.8. The van der Waals surface area contributed by atoms with Gasteiger partial charge in [-0.3, -0.25) is 0 Å². The van der Waals surface area contributed by atoms with E-state index >= 15 is 0 Å². The van der Waals surface area contributed by atoms with Gasteiger partial charge >= 0.3 is 0 Å². The second-order valence-electron chi connectivity index (χ2n) is 4.34. The predicted molar refractivity (Wildman–Crippen MR) is 93.2 cm³/mol. The topological polar surface area (TPSA) is 68.9 Å². The average molecular weight is 393 g/mol. The molecule has 6 heteroatoms. The molecule has 0 saturated heterocycles. The third-order valence-electron chi connectivity index (χ3n) is 2.89. The number of aliphatic imine (C=N–C) groups is 1. The number of benzene rings is 1. The van der Waals surface area contributed by atoms with Gasteiger partial charge in [-0.2, -0.15) is 0 Å². The molecule has 1 aromatic carbocycles. The molecule has 1 rings (SSSR count). The van der Waals surface area contributed by atoms with Crippen LogP contribution in [-0.2, 0) is 6.54 Å². The quantitative estimate of drug-likeness (QED) is 0.443. The third-order valence-corrected chi connectivity index (χ3v) is 2.89. The first-order chi connectivity index (χ1) is 9.10. The first-order valence-corrected chi connectivity index (χ1v) is 6.38. The van der Waals surface area contributed by atoms with Crippen LogP contribution in [0, 0.1) is 0 Å². The van der Waals surface area contributed by atoms with E-state index in [2.05, 4.69) is 24.2 Å². The molecule has 0 amide bonds. The Balaban J connectivity index is 0.00000361. The van der Waals surface area contributed by atoms with Crippen LogP contribution in [0.3, 0.4) is 0 Å². The number of ether oxygens (including phenoxy) is 2. The molecule has 0 spiro atoms. The molecule has 0 aliphatic rings. The van der Waals surface area contributed by atoms with Gasteiger partial charge < -0.3 is 20.5 Å². The van der Waals surface area contributed by atoms with Gasteiger partial charge in [-0.05, 0) is 31.0 Å². The van der Waals surface area contributed by atoms with E-state index in [4.69, 9.17) is 15.2 Å². The summed E-state index contributed by atoms with van der Waals surface area (Å²) in [5, 5.41) is 3.12. The second kappa shape index (κ2) is 9.68. The van der Waals surface area contributed by atoms with Crippen LogP contribution in [0.2, 0.25) is 0 Å². The van der Waals surface area contributed by atoms with Crippen LogP contribution in [0.4, 0.5) is 0 Å². The summed E-state index contributed by atoms with van der Waals surface area (Å²) < 4.78 is 10.4. The van der Waals surface area contributed by atoms with Gasteiger partial charge in [0.1, 0.15) is 0 Å².